The van der Waals surface area contributed by atoms with Crippen LogP contribution < -0.4 is 0 Å². The first kappa shape index (κ1) is 16.3. The summed E-state index contributed by atoms with van der Waals surface area (Å²) < 4.78 is 0. The predicted molar refractivity (Wildman–Crippen MR) is 87.3 cm³/mol. The van der Waals surface area contributed by atoms with Gasteiger partial charge in [0.25, 0.3) is 0 Å². The van der Waals surface area contributed by atoms with Crippen LogP contribution in [0.15, 0.2) is 12.1 Å². The zero-order chi connectivity index (χ0) is 15.2. The Morgan fingerprint density at radius 3 is 1.26 bits per heavy atom. The number of hydrogen-bond donors (Lipinski definition) is 0. The predicted octanol–water partition coefficient (Wildman–Crippen LogP) is 5.89. The van der Waals surface area contributed by atoms with Gasteiger partial charge in [-0.3, -0.25) is 0 Å². The summed E-state index contributed by atoms with van der Waals surface area (Å²) in [5, 5.41) is 0. The van der Waals surface area contributed by atoms with Crippen molar-refractivity contribution in [2.24, 2.45) is 0 Å². The summed E-state index contributed by atoms with van der Waals surface area (Å²) in [7, 11) is 0. The Balaban J connectivity index is 3.71. The van der Waals surface area contributed by atoms with Gasteiger partial charge in [0, 0.05) is 0 Å². The van der Waals surface area contributed by atoms with Crippen LogP contribution in [-0.2, 0) is 16.2 Å². The van der Waals surface area contributed by atoms with Gasteiger partial charge in [0.2, 0.25) is 0 Å². The second kappa shape index (κ2) is 4.65. The average Bonchev–Trinajstić information content (AvgIpc) is 2.11. The summed E-state index contributed by atoms with van der Waals surface area (Å²) in [6.45, 7) is 23.1. The van der Waals surface area contributed by atoms with Gasteiger partial charge in [0.15, 0.2) is 0 Å². The Hall–Kier alpha value is -0.780. The van der Waals surface area contributed by atoms with E-state index in [0.29, 0.717) is 0 Å². The Morgan fingerprint density at radius 1 is 0.579 bits per heavy atom. The maximum Gasteiger partial charge on any atom is -0.0126 e. The van der Waals surface area contributed by atoms with E-state index in [9.17, 15) is 0 Å². The summed E-state index contributed by atoms with van der Waals surface area (Å²) >= 11 is 0. The lowest BCUT2D eigenvalue weighted by Crippen LogP contribution is -2.26. The molecular formula is C19H32. The molecule has 0 unspecified atom stereocenters. The van der Waals surface area contributed by atoms with Crippen LogP contribution in [0.4, 0.5) is 0 Å². The molecule has 108 valence electrons. The lowest BCUT2D eigenvalue weighted by atomic mass is 9.70. The van der Waals surface area contributed by atoms with Crippen molar-refractivity contribution >= 4 is 0 Å². The van der Waals surface area contributed by atoms with Gasteiger partial charge in [-0.1, -0.05) is 74.4 Å². The topological polar surface area (TPSA) is 0 Å². The highest BCUT2D eigenvalue weighted by Gasteiger charge is 2.29. The van der Waals surface area contributed by atoms with Crippen molar-refractivity contribution in [3.05, 3.63) is 34.4 Å². The Kier molecular flexibility index (Phi) is 3.98. The van der Waals surface area contributed by atoms with Crippen LogP contribution in [0.5, 0.6) is 0 Å². The van der Waals surface area contributed by atoms with E-state index in [-0.39, 0.29) is 16.2 Å². The van der Waals surface area contributed by atoms with E-state index in [4.69, 9.17) is 0 Å². The molecule has 0 aliphatic carbocycles. The van der Waals surface area contributed by atoms with E-state index in [0.717, 1.165) is 0 Å². The molecule has 0 nitrogen and oxygen atoms in total. The van der Waals surface area contributed by atoms with Crippen molar-refractivity contribution < 1.29 is 0 Å². The molecule has 0 fully saturated rings. The smallest absolute Gasteiger partial charge is 0.0126 e. The highest BCUT2D eigenvalue weighted by atomic mass is 14.3. The van der Waals surface area contributed by atoms with Crippen LogP contribution in [0.25, 0.3) is 0 Å². The molecule has 0 saturated carbocycles. The van der Waals surface area contributed by atoms with Crippen LogP contribution in [-0.4, -0.2) is 0 Å². The van der Waals surface area contributed by atoms with Gasteiger partial charge in [-0.2, -0.15) is 0 Å². The van der Waals surface area contributed by atoms with Crippen molar-refractivity contribution in [3.63, 3.8) is 0 Å². The number of hydrogen-bond acceptors (Lipinski definition) is 0. The van der Waals surface area contributed by atoms with Crippen molar-refractivity contribution in [2.45, 2.75) is 85.5 Å². The molecule has 19 heavy (non-hydrogen) atoms. The summed E-state index contributed by atoms with van der Waals surface area (Å²) in [6, 6.07) is 4.69. The third-order valence-corrected chi connectivity index (χ3v) is 3.83. The Morgan fingerprint density at radius 2 is 0.947 bits per heavy atom. The van der Waals surface area contributed by atoms with Gasteiger partial charge in [-0.25, -0.2) is 0 Å². The van der Waals surface area contributed by atoms with Crippen molar-refractivity contribution in [2.75, 3.05) is 0 Å². The van der Waals surface area contributed by atoms with Gasteiger partial charge < -0.3 is 0 Å². The van der Waals surface area contributed by atoms with Crippen LogP contribution in [0.1, 0.15) is 84.6 Å². The van der Waals surface area contributed by atoms with Crippen molar-refractivity contribution in [1.82, 2.24) is 0 Å². The molecule has 0 heterocycles. The SMILES string of the molecule is Cc1c(C(C)(C)C)ccc(C(C)(C)C)c1C(C)(C)C. The fourth-order valence-corrected chi connectivity index (χ4v) is 3.12. The van der Waals surface area contributed by atoms with Gasteiger partial charge >= 0.3 is 0 Å². The number of rotatable bonds is 0. The fraction of sp³-hybridized carbons (Fsp3) is 0.684. The van der Waals surface area contributed by atoms with E-state index < -0.39 is 0 Å². The molecule has 0 aliphatic heterocycles. The molecule has 1 aromatic rings. The lowest BCUT2D eigenvalue weighted by molar-refractivity contribution is 0.518. The minimum atomic E-state index is 0.188. The quantitative estimate of drug-likeness (QED) is 0.546. The van der Waals surface area contributed by atoms with Crippen LogP contribution >= 0.6 is 0 Å². The van der Waals surface area contributed by atoms with Crippen LogP contribution in [0.3, 0.4) is 0 Å². The molecule has 0 atom stereocenters. The first-order valence-electron chi connectivity index (χ1n) is 7.41. The molecule has 1 rings (SSSR count). The molecule has 0 aromatic heterocycles. The Labute approximate surface area is 120 Å². The molecule has 0 heteroatoms. The zero-order valence-electron chi connectivity index (χ0n) is 14.7. The molecule has 0 amide bonds. The van der Waals surface area contributed by atoms with Crippen molar-refractivity contribution in [3.8, 4) is 0 Å². The molecule has 0 aliphatic rings. The van der Waals surface area contributed by atoms with Gasteiger partial charge in [0.1, 0.15) is 0 Å². The van der Waals surface area contributed by atoms with Crippen LogP contribution in [0, 0.1) is 6.92 Å². The van der Waals surface area contributed by atoms with Crippen molar-refractivity contribution in [1.29, 1.82) is 0 Å². The standard InChI is InChI=1S/C19H32/c1-13-14(17(2,3)4)11-12-15(18(5,6)7)16(13)19(8,9)10/h11-12H,1-10H3. The lowest BCUT2D eigenvalue weighted by Gasteiger charge is -2.35. The van der Waals surface area contributed by atoms with E-state index in [1.807, 2.05) is 0 Å². The molecule has 0 radical (unpaired) electrons. The molecular weight excluding hydrogens is 228 g/mol. The third kappa shape index (κ3) is 3.41. The van der Waals surface area contributed by atoms with Gasteiger partial charge in [-0.15, -0.1) is 0 Å². The fourth-order valence-electron chi connectivity index (χ4n) is 3.12. The first-order valence-corrected chi connectivity index (χ1v) is 7.41. The minimum absolute atomic E-state index is 0.188. The largest absolute Gasteiger partial charge is 0.0579 e. The molecule has 0 spiro atoms. The van der Waals surface area contributed by atoms with E-state index in [2.05, 4.69) is 81.4 Å². The normalized spacial score (nSPS) is 13.8. The zero-order valence-corrected chi connectivity index (χ0v) is 14.7. The third-order valence-electron chi connectivity index (χ3n) is 3.83. The van der Waals surface area contributed by atoms with E-state index in [1.165, 1.54) is 22.3 Å². The van der Waals surface area contributed by atoms with Gasteiger partial charge in [-0.05, 0) is 45.4 Å². The average molecular weight is 260 g/mol. The Bertz CT molecular complexity index is 457. The summed E-state index contributed by atoms with van der Waals surface area (Å²) in [5.74, 6) is 0. The van der Waals surface area contributed by atoms with E-state index in [1.54, 1.807) is 0 Å². The summed E-state index contributed by atoms with van der Waals surface area (Å²) in [4.78, 5) is 0. The van der Waals surface area contributed by atoms with Gasteiger partial charge in [0.05, 0.1) is 0 Å². The molecule has 1 aromatic carbocycles. The number of benzene rings is 1. The first-order chi connectivity index (χ1) is 8.26. The summed E-state index contributed by atoms with van der Waals surface area (Å²) in [6.07, 6.45) is 0. The maximum absolute atomic E-state index is 2.36. The molecule has 0 saturated heterocycles. The maximum atomic E-state index is 2.36. The van der Waals surface area contributed by atoms with Crippen LogP contribution in [0.2, 0.25) is 0 Å². The second-order valence-corrected chi connectivity index (χ2v) is 8.91. The second-order valence-electron chi connectivity index (χ2n) is 8.91. The monoisotopic (exact) mass is 260 g/mol. The highest BCUT2D eigenvalue weighted by Crippen LogP contribution is 2.39. The highest BCUT2D eigenvalue weighted by molar-refractivity contribution is 5.49. The molecule has 0 bridgehead atoms. The minimum Gasteiger partial charge on any atom is -0.0579 e. The summed E-state index contributed by atoms with van der Waals surface area (Å²) in [5.41, 5.74) is 6.58. The molecule has 0 N–H and O–H groups in total. The van der Waals surface area contributed by atoms with E-state index >= 15 is 0 Å².